The number of carbonyl (C=O) groups is 3. The normalized spacial score (nSPS) is 40.3. The van der Waals surface area contributed by atoms with Crippen LogP contribution in [0.25, 0.3) is 0 Å². The first-order valence-corrected chi connectivity index (χ1v) is 9.99. The van der Waals surface area contributed by atoms with E-state index in [4.69, 9.17) is 9.47 Å². The predicted molar refractivity (Wildman–Crippen MR) is 101 cm³/mol. The minimum Gasteiger partial charge on any atom is -0.465 e. The summed E-state index contributed by atoms with van der Waals surface area (Å²) in [6.45, 7) is 10.2. The Balaban J connectivity index is 2.15. The zero-order valence-corrected chi connectivity index (χ0v) is 17.4. The fraction of sp³-hybridized carbons (Fsp3) is 0.773. The Morgan fingerprint density at radius 1 is 1.11 bits per heavy atom. The molecule has 0 aromatic carbocycles. The SMILES string of the molecule is COC(=O)C1=C[C@H](OC(C)=O)[C@@H]2[C@@]3(C)CCCC(C)(C)[C@@H]3CC[C@@]2(C)C1=O. The van der Waals surface area contributed by atoms with E-state index in [1.807, 2.05) is 6.92 Å². The summed E-state index contributed by atoms with van der Waals surface area (Å²) in [5, 5.41) is 0. The lowest BCUT2D eigenvalue weighted by atomic mass is 9.40. The molecule has 0 unspecified atom stereocenters. The molecule has 2 fully saturated rings. The maximum Gasteiger partial charge on any atom is 0.341 e. The molecule has 3 rings (SSSR count). The molecule has 0 aromatic rings. The number of Topliss-reactive ketones (excluding diaryl/α,β-unsaturated/α-hetero) is 1. The first-order valence-electron chi connectivity index (χ1n) is 9.99. The van der Waals surface area contributed by atoms with Crippen molar-refractivity contribution in [2.75, 3.05) is 7.11 Å². The molecular formula is C22H32O5. The number of ether oxygens (including phenoxy) is 2. The van der Waals surface area contributed by atoms with Gasteiger partial charge in [-0.3, -0.25) is 9.59 Å². The number of hydrogen-bond acceptors (Lipinski definition) is 5. The number of fused-ring (bicyclic) bond motifs is 3. The molecular weight excluding hydrogens is 344 g/mol. The molecule has 0 amide bonds. The number of carbonyl (C=O) groups excluding carboxylic acids is 3. The van der Waals surface area contributed by atoms with E-state index in [1.54, 1.807) is 6.08 Å². The van der Waals surface area contributed by atoms with Crippen molar-refractivity contribution in [3.63, 3.8) is 0 Å². The summed E-state index contributed by atoms with van der Waals surface area (Å²) in [5.74, 6) is -0.874. The molecule has 150 valence electrons. The van der Waals surface area contributed by atoms with Crippen LogP contribution < -0.4 is 0 Å². The lowest BCUT2D eigenvalue weighted by molar-refractivity contribution is -0.186. The third kappa shape index (κ3) is 2.94. The van der Waals surface area contributed by atoms with Gasteiger partial charge in [-0.15, -0.1) is 0 Å². The fourth-order valence-corrected chi connectivity index (χ4v) is 6.79. The summed E-state index contributed by atoms with van der Waals surface area (Å²) in [5.41, 5.74) is -0.635. The zero-order valence-electron chi connectivity index (χ0n) is 17.4. The van der Waals surface area contributed by atoms with Crippen LogP contribution in [0.15, 0.2) is 11.6 Å². The fourth-order valence-electron chi connectivity index (χ4n) is 6.79. The second kappa shape index (κ2) is 6.46. The van der Waals surface area contributed by atoms with E-state index in [2.05, 4.69) is 20.8 Å². The van der Waals surface area contributed by atoms with Gasteiger partial charge in [0.1, 0.15) is 11.7 Å². The summed E-state index contributed by atoms with van der Waals surface area (Å²) >= 11 is 0. The highest BCUT2D eigenvalue weighted by atomic mass is 16.5. The quantitative estimate of drug-likeness (QED) is 0.541. The number of esters is 2. The number of ketones is 1. The van der Waals surface area contributed by atoms with E-state index >= 15 is 0 Å². The third-order valence-electron chi connectivity index (χ3n) is 7.76. The molecule has 0 aliphatic heterocycles. The Morgan fingerprint density at radius 3 is 2.37 bits per heavy atom. The van der Waals surface area contributed by atoms with Crippen LogP contribution in [-0.2, 0) is 23.9 Å². The van der Waals surface area contributed by atoms with Crippen LogP contribution in [0.2, 0.25) is 0 Å². The van der Waals surface area contributed by atoms with Gasteiger partial charge in [0.15, 0.2) is 5.78 Å². The largest absolute Gasteiger partial charge is 0.465 e. The van der Waals surface area contributed by atoms with E-state index in [0.717, 1.165) is 19.3 Å². The first kappa shape index (κ1) is 20.1. The highest BCUT2D eigenvalue weighted by molar-refractivity contribution is 6.20. The molecule has 2 saturated carbocycles. The summed E-state index contributed by atoms with van der Waals surface area (Å²) in [4.78, 5) is 37.5. The summed E-state index contributed by atoms with van der Waals surface area (Å²) in [7, 11) is 1.27. The van der Waals surface area contributed by atoms with Gasteiger partial charge in [0.25, 0.3) is 0 Å². The molecule has 3 aliphatic rings. The van der Waals surface area contributed by atoms with Crippen LogP contribution in [0.5, 0.6) is 0 Å². The standard InChI is InChI=1S/C22H32O5/c1-13(23)27-15-12-14(19(25)26-6)18(24)22(5)11-8-16-20(2,3)9-7-10-21(16,4)17(15)22/h12,15-17H,7-11H2,1-6H3/t15-,16-,17+,21-,22+/m0/s1. The average Bonchev–Trinajstić information content (AvgIpc) is 2.55. The van der Waals surface area contributed by atoms with Crippen LogP contribution in [0.3, 0.4) is 0 Å². The third-order valence-corrected chi connectivity index (χ3v) is 7.76. The molecule has 0 aromatic heterocycles. The smallest absolute Gasteiger partial charge is 0.341 e. The molecule has 5 atom stereocenters. The highest BCUT2D eigenvalue weighted by Gasteiger charge is 2.65. The van der Waals surface area contributed by atoms with Crippen LogP contribution in [0.1, 0.15) is 66.7 Å². The molecule has 27 heavy (non-hydrogen) atoms. The van der Waals surface area contributed by atoms with Gasteiger partial charge in [-0.05, 0) is 48.5 Å². The Labute approximate surface area is 161 Å². The lowest BCUT2D eigenvalue weighted by Gasteiger charge is -2.63. The molecule has 0 radical (unpaired) electrons. The molecule has 5 nitrogen and oxygen atoms in total. The maximum atomic E-state index is 13.4. The molecule has 0 bridgehead atoms. The maximum absolute atomic E-state index is 13.4. The highest BCUT2D eigenvalue weighted by Crippen LogP contribution is 2.66. The van der Waals surface area contributed by atoms with Gasteiger partial charge in [-0.1, -0.05) is 34.1 Å². The van der Waals surface area contributed by atoms with Crippen molar-refractivity contribution < 1.29 is 23.9 Å². The Bertz CT molecular complexity index is 705. The predicted octanol–water partition coefficient (Wildman–Crippen LogP) is 3.85. The van der Waals surface area contributed by atoms with Crippen molar-refractivity contribution in [2.24, 2.45) is 28.1 Å². The molecule has 0 heterocycles. The van der Waals surface area contributed by atoms with Gasteiger partial charge < -0.3 is 9.47 Å². The van der Waals surface area contributed by atoms with Crippen LogP contribution in [-0.4, -0.2) is 30.9 Å². The van der Waals surface area contributed by atoms with Gasteiger partial charge in [-0.25, -0.2) is 4.79 Å². The van der Waals surface area contributed by atoms with Crippen LogP contribution >= 0.6 is 0 Å². The van der Waals surface area contributed by atoms with Crippen molar-refractivity contribution in [2.45, 2.75) is 72.8 Å². The van der Waals surface area contributed by atoms with E-state index in [0.29, 0.717) is 12.3 Å². The number of rotatable bonds is 2. The van der Waals surface area contributed by atoms with Gasteiger partial charge in [0.05, 0.1) is 7.11 Å². The van der Waals surface area contributed by atoms with Crippen molar-refractivity contribution in [1.29, 1.82) is 0 Å². The average molecular weight is 376 g/mol. The summed E-state index contributed by atoms with van der Waals surface area (Å²) < 4.78 is 10.5. The van der Waals surface area contributed by atoms with Gasteiger partial charge in [-0.2, -0.15) is 0 Å². The van der Waals surface area contributed by atoms with Crippen LogP contribution in [0.4, 0.5) is 0 Å². The summed E-state index contributed by atoms with van der Waals surface area (Å²) in [6, 6.07) is 0. The van der Waals surface area contributed by atoms with Crippen molar-refractivity contribution in [1.82, 2.24) is 0 Å². The van der Waals surface area contributed by atoms with Gasteiger partial charge in [0.2, 0.25) is 0 Å². The molecule has 3 aliphatic carbocycles. The second-order valence-electron chi connectivity index (χ2n) is 9.81. The summed E-state index contributed by atoms with van der Waals surface area (Å²) in [6.07, 6.45) is 5.90. The Hall–Kier alpha value is -1.65. The molecule has 0 spiro atoms. The van der Waals surface area contributed by atoms with Gasteiger partial charge >= 0.3 is 11.9 Å². The Kier molecular flexibility index (Phi) is 4.80. The monoisotopic (exact) mass is 376 g/mol. The van der Waals surface area contributed by atoms with Crippen molar-refractivity contribution >= 4 is 17.7 Å². The van der Waals surface area contributed by atoms with Gasteiger partial charge in [0, 0.05) is 18.3 Å². The van der Waals surface area contributed by atoms with E-state index in [-0.39, 0.29) is 28.1 Å². The second-order valence-corrected chi connectivity index (χ2v) is 9.81. The molecule has 0 saturated heterocycles. The molecule has 5 heteroatoms. The van der Waals surface area contributed by atoms with Crippen LogP contribution in [0, 0.1) is 28.1 Å². The Morgan fingerprint density at radius 2 is 1.78 bits per heavy atom. The topological polar surface area (TPSA) is 69.7 Å². The number of hydrogen-bond donors (Lipinski definition) is 0. The van der Waals surface area contributed by atoms with Crippen molar-refractivity contribution in [3.05, 3.63) is 11.6 Å². The van der Waals surface area contributed by atoms with Crippen molar-refractivity contribution in [3.8, 4) is 0 Å². The van der Waals surface area contributed by atoms with E-state index in [9.17, 15) is 14.4 Å². The van der Waals surface area contributed by atoms with E-state index < -0.39 is 23.5 Å². The zero-order chi connectivity index (χ0) is 20.2. The minimum absolute atomic E-state index is 0.0274. The number of methoxy groups -OCH3 is 1. The lowest BCUT2D eigenvalue weighted by Crippen LogP contribution is -2.62. The van der Waals surface area contributed by atoms with E-state index in [1.165, 1.54) is 20.5 Å². The molecule has 0 N–H and O–H groups in total. The minimum atomic E-state index is -0.725. The first-order chi connectivity index (χ1) is 12.5.